The average Bonchev–Trinajstić information content (AvgIpc) is 3.40. The number of hydrogen-bond donors (Lipinski definition) is 0. The van der Waals surface area contributed by atoms with Gasteiger partial charge in [0.15, 0.2) is 0 Å². The molecule has 2 aromatic rings. The largest absolute Gasteiger partial charge is 0.357 e. The molecule has 0 N–H and O–H groups in total. The maximum absolute atomic E-state index is 12.1. The van der Waals surface area contributed by atoms with Crippen molar-refractivity contribution in [3.8, 4) is 0 Å². The van der Waals surface area contributed by atoms with E-state index in [1.807, 2.05) is 42.7 Å². The van der Waals surface area contributed by atoms with Crippen LogP contribution < -0.4 is 0 Å². The van der Waals surface area contributed by atoms with Crippen molar-refractivity contribution >= 4 is 34.2 Å². The maximum Gasteiger partial charge on any atom is 0.327 e. The third kappa shape index (κ3) is 7.21. The van der Waals surface area contributed by atoms with Crippen molar-refractivity contribution in [2.45, 2.75) is 25.9 Å². The zero-order chi connectivity index (χ0) is 21.9. The molecule has 2 aliphatic heterocycles. The highest BCUT2D eigenvalue weighted by Gasteiger charge is 2.35. The van der Waals surface area contributed by atoms with Crippen LogP contribution in [-0.4, -0.2) is 64.5 Å². The van der Waals surface area contributed by atoms with E-state index in [0.717, 1.165) is 43.4 Å². The van der Waals surface area contributed by atoms with Crippen molar-refractivity contribution in [1.82, 2.24) is 14.7 Å². The third-order valence-electron chi connectivity index (χ3n) is 5.11. The first-order valence-corrected chi connectivity index (χ1v) is 11.8. The van der Waals surface area contributed by atoms with Crippen LogP contribution in [0.5, 0.6) is 0 Å². The van der Waals surface area contributed by atoms with Crippen molar-refractivity contribution in [3.63, 3.8) is 0 Å². The molecule has 164 valence electrons. The summed E-state index contributed by atoms with van der Waals surface area (Å²) in [4.78, 5) is 33.4. The van der Waals surface area contributed by atoms with E-state index in [1.165, 1.54) is 10.5 Å². The fourth-order valence-electron chi connectivity index (χ4n) is 3.44. The molecule has 3 amide bonds. The van der Waals surface area contributed by atoms with Gasteiger partial charge in [0, 0.05) is 25.0 Å². The number of imide groups is 1. The molecule has 0 aliphatic carbocycles. The lowest BCUT2D eigenvalue weighted by Crippen LogP contribution is -2.33. The summed E-state index contributed by atoms with van der Waals surface area (Å²) in [6, 6.07) is 19.9. The van der Waals surface area contributed by atoms with Crippen molar-refractivity contribution in [3.05, 3.63) is 71.8 Å². The van der Waals surface area contributed by atoms with Gasteiger partial charge in [0.2, 0.25) is 0 Å². The van der Waals surface area contributed by atoms with Gasteiger partial charge >= 0.3 is 6.03 Å². The minimum atomic E-state index is -0.163. The van der Waals surface area contributed by atoms with Crippen LogP contribution in [0.25, 0.3) is 0 Å². The number of unbranched alkanes of at least 4 members (excludes halogenated alkanes) is 1. The molecule has 31 heavy (non-hydrogen) atoms. The van der Waals surface area contributed by atoms with Crippen LogP contribution in [0, 0.1) is 0 Å². The number of nitrogens with zero attached hydrogens (tertiary/aromatic N) is 4. The molecule has 1 fully saturated rings. The molecule has 2 heterocycles. The van der Waals surface area contributed by atoms with Gasteiger partial charge in [-0.05, 0) is 24.0 Å². The highest BCUT2D eigenvalue weighted by Crippen LogP contribution is 2.15. The predicted octanol–water partition coefficient (Wildman–Crippen LogP) is 4.16. The van der Waals surface area contributed by atoms with Crippen LogP contribution in [0.3, 0.4) is 0 Å². The van der Waals surface area contributed by atoms with Gasteiger partial charge in [-0.15, -0.1) is 0 Å². The van der Waals surface area contributed by atoms with E-state index < -0.39 is 0 Å². The van der Waals surface area contributed by atoms with Crippen LogP contribution in [-0.2, 0) is 17.9 Å². The van der Waals surface area contributed by atoms with E-state index >= 15 is 0 Å². The monoisotopic (exact) mass is 484 g/mol. The number of benzene rings is 2. The number of carbonyl (C=O) groups is 2. The summed E-state index contributed by atoms with van der Waals surface area (Å²) in [5, 5.41) is 0.927. The number of aliphatic imine (C=N–C) groups is 1. The molecule has 0 radical (unpaired) electrons. The second-order valence-electron chi connectivity index (χ2n) is 7.54. The summed E-state index contributed by atoms with van der Waals surface area (Å²) in [7, 11) is 0. The lowest BCUT2D eigenvalue weighted by Gasteiger charge is -2.16. The van der Waals surface area contributed by atoms with Crippen molar-refractivity contribution < 1.29 is 9.59 Å². The van der Waals surface area contributed by atoms with E-state index in [9.17, 15) is 9.59 Å². The predicted molar refractivity (Wildman–Crippen MR) is 127 cm³/mol. The molecule has 0 atom stereocenters. The minimum Gasteiger partial charge on any atom is -0.357 e. The standard InChI is InChI=1S/C14H17BrN2O2.C10H12N2/c15-8-4-5-9-16-11-13(18)17(14(16)19)10-12-6-2-1-3-7-12;1-2-4-10(5-3-1)8-12-7-6-11-9-12/h1-3,6-7H,4-5,8-11H2;1-5,9H,6-8H2. The molecule has 0 saturated carbocycles. The Balaban J connectivity index is 0.000000194. The molecule has 2 aromatic carbocycles. The van der Waals surface area contributed by atoms with E-state index in [4.69, 9.17) is 0 Å². The first kappa shape index (κ1) is 23.0. The zero-order valence-electron chi connectivity index (χ0n) is 17.7. The molecule has 1 saturated heterocycles. The fraction of sp³-hybridized carbons (Fsp3) is 0.375. The fourth-order valence-corrected chi connectivity index (χ4v) is 3.84. The summed E-state index contributed by atoms with van der Waals surface area (Å²) in [6.07, 6.45) is 3.87. The third-order valence-corrected chi connectivity index (χ3v) is 5.67. The van der Waals surface area contributed by atoms with E-state index in [-0.39, 0.29) is 18.5 Å². The molecular formula is C24H29BrN4O2. The molecule has 7 heteroatoms. The SMILES string of the molecule is C1=NCCN1Cc1ccccc1.O=C1CN(CCCCBr)C(=O)N1Cc1ccccc1. The quantitative estimate of drug-likeness (QED) is 0.321. The Morgan fingerprint density at radius 3 is 2.10 bits per heavy atom. The lowest BCUT2D eigenvalue weighted by atomic mass is 10.2. The second-order valence-corrected chi connectivity index (χ2v) is 8.34. The Morgan fingerprint density at radius 1 is 0.871 bits per heavy atom. The van der Waals surface area contributed by atoms with Crippen LogP contribution >= 0.6 is 15.9 Å². The number of amides is 3. The zero-order valence-corrected chi connectivity index (χ0v) is 19.3. The van der Waals surface area contributed by atoms with Crippen LogP contribution in [0.2, 0.25) is 0 Å². The van der Waals surface area contributed by atoms with E-state index in [1.54, 1.807) is 4.90 Å². The van der Waals surface area contributed by atoms with Crippen molar-refractivity contribution in [1.29, 1.82) is 0 Å². The Labute approximate surface area is 192 Å². The molecule has 6 nitrogen and oxygen atoms in total. The summed E-state index contributed by atoms with van der Waals surface area (Å²) in [6.45, 7) is 4.24. The Morgan fingerprint density at radius 2 is 1.52 bits per heavy atom. The van der Waals surface area contributed by atoms with Gasteiger partial charge in [0.25, 0.3) is 5.91 Å². The molecular weight excluding hydrogens is 456 g/mol. The number of alkyl halides is 1. The summed E-state index contributed by atoms with van der Waals surface area (Å²) >= 11 is 3.36. The summed E-state index contributed by atoms with van der Waals surface area (Å²) < 4.78 is 0. The van der Waals surface area contributed by atoms with Gasteiger partial charge < -0.3 is 9.80 Å². The smallest absolute Gasteiger partial charge is 0.327 e. The molecule has 0 unspecified atom stereocenters. The van der Waals surface area contributed by atoms with Crippen molar-refractivity contribution in [2.24, 2.45) is 4.99 Å². The van der Waals surface area contributed by atoms with Gasteiger partial charge in [-0.25, -0.2) is 4.79 Å². The van der Waals surface area contributed by atoms with Crippen LogP contribution in [0.15, 0.2) is 65.7 Å². The Hall–Kier alpha value is -2.67. The number of rotatable bonds is 8. The molecule has 0 spiro atoms. The first-order chi connectivity index (χ1) is 15.2. The molecule has 0 bridgehead atoms. The highest BCUT2D eigenvalue weighted by atomic mass is 79.9. The summed E-state index contributed by atoms with van der Waals surface area (Å²) in [5.74, 6) is -0.104. The Bertz CT molecular complexity index is 860. The molecule has 4 rings (SSSR count). The molecule has 0 aromatic heterocycles. The van der Waals surface area contributed by atoms with Crippen LogP contribution in [0.4, 0.5) is 4.79 Å². The van der Waals surface area contributed by atoms with Gasteiger partial charge in [0.05, 0.1) is 19.4 Å². The van der Waals surface area contributed by atoms with Crippen molar-refractivity contribution in [2.75, 3.05) is 31.5 Å². The first-order valence-electron chi connectivity index (χ1n) is 10.6. The van der Waals surface area contributed by atoms with Crippen LogP contribution in [0.1, 0.15) is 24.0 Å². The molecule has 2 aliphatic rings. The second kappa shape index (κ2) is 12.2. The van der Waals surface area contributed by atoms with Gasteiger partial charge in [-0.3, -0.25) is 14.7 Å². The van der Waals surface area contributed by atoms with E-state index in [0.29, 0.717) is 13.1 Å². The normalized spacial score (nSPS) is 15.5. The number of hydrogen-bond acceptors (Lipinski definition) is 4. The highest BCUT2D eigenvalue weighted by molar-refractivity contribution is 9.09. The number of carbonyl (C=O) groups excluding carboxylic acids is 2. The average molecular weight is 485 g/mol. The van der Waals surface area contributed by atoms with Gasteiger partial charge in [-0.1, -0.05) is 76.6 Å². The Kier molecular flexibility index (Phi) is 9.09. The maximum atomic E-state index is 12.1. The van der Waals surface area contributed by atoms with E-state index in [2.05, 4.69) is 50.1 Å². The topological polar surface area (TPSA) is 56.2 Å². The minimum absolute atomic E-state index is 0.104. The summed E-state index contributed by atoms with van der Waals surface area (Å²) in [5.41, 5.74) is 2.33. The van der Waals surface area contributed by atoms with Gasteiger partial charge in [-0.2, -0.15) is 0 Å². The number of halogens is 1. The number of urea groups is 1. The van der Waals surface area contributed by atoms with Gasteiger partial charge in [0.1, 0.15) is 6.54 Å². The lowest BCUT2D eigenvalue weighted by molar-refractivity contribution is -0.125.